The standard InChI is InChI=1S/C27H26F2N4O5S/c1-27(2,3)25(34)32-26-30-14-16-12-15(6-9-19(16)31-26)23-18(28)8-10-20(24(23)29)33-39(35,36)22-13-17(37-4)7-11-21(22)38-5/h6-14,33H,1-5H3,(H,30,31,32,34). The molecule has 0 spiro atoms. The summed E-state index contributed by atoms with van der Waals surface area (Å²) in [6.07, 6.45) is 1.42. The maximum atomic E-state index is 15.6. The molecule has 1 heterocycles. The number of rotatable bonds is 7. The second-order valence-electron chi connectivity index (χ2n) is 9.58. The number of anilines is 2. The summed E-state index contributed by atoms with van der Waals surface area (Å²) in [4.78, 5) is 20.4. The van der Waals surface area contributed by atoms with Gasteiger partial charge in [-0.05, 0) is 42.0 Å². The molecule has 0 saturated carbocycles. The van der Waals surface area contributed by atoms with Crippen LogP contribution in [-0.2, 0) is 14.8 Å². The largest absolute Gasteiger partial charge is 0.497 e. The molecule has 0 bridgehead atoms. The van der Waals surface area contributed by atoms with Gasteiger partial charge < -0.3 is 9.47 Å². The molecule has 0 aliphatic heterocycles. The number of sulfonamides is 1. The van der Waals surface area contributed by atoms with Crippen LogP contribution in [0.3, 0.4) is 0 Å². The monoisotopic (exact) mass is 556 g/mol. The molecule has 2 N–H and O–H groups in total. The summed E-state index contributed by atoms with van der Waals surface area (Å²) in [6.45, 7) is 5.25. The van der Waals surface area contributed by atoms with Crippen LogP contribution < -0.4 is 19.5 Å². The first-order valence-electron chi connectivity index (χ1n) is 11.7. The van der Waals surface area contributed by atoms with Crippen molar-refractivity contribution in [2.75, 3.05) is 24.3 Å². The zero-order valence-corrected chi connectivity index (χ0v) is 22.6. The number of hydrogen-bond acceptors (Lipinski definition) is 7. The van der Waals surface area contributed by atoms with Gasteiger partial charge in [0.2, 0.25) is 11.9 Å². The van der Waals surface area contributed by atoms with Crippen molar-refractivity contribution in [1.82, 2.24) is 9.97 Å². The molecule has 0 saturated heterocycles. The Bertz CT molecular complexity index is 1690. The lowest BCUT2D eigenvalue weighted by molar-refractivity contribution is -0.123. The van der Waals surface area contributed by atoms with Crippen LogP contribution in [-0.4, -0.2) is 38.5 Å². The van der Waals surface area contributed by atoms with E-state index in [0.29, 0.717) is 10.9 Å². The summed E-state index contributed by atoms with van der Waals surface area (Å²) < 4.78 is 69.1. The number of ether oxygens (including phenoxy) is 2. The third kappa shape index (κ3) is 5.75. The highest BCUT2D eigenvalue weighted by Crippen LogP contribution is 2.35. The lowest BCUT2D eigenvalue weighted by Crippen LogP contribution is -2.28. The summed E-state index contributed by atoms with van der Waals surface area (Å²) >= 11 is 0. The number of halogens is 2. The molecule has 12 heteroatoms. The minimum absolute atomic E-state index is 0.0126. The zero-order valence-electron chi connectivity index (χ0n) is 21.8. The number of amides is 1. The van der Waals surface area contributed by atoms with Gasteiger partial charge in [0.25, 0.3) is 10.0 Å². The fourth-order valence-electron chi connectivity index (χ4n) is 3.63. The quantitative estimate of drug-likeness (QED) is 0.314. The van der Waals surface area contributed by atoms with Crippen LogP contribution in [0, 0.1) is 17.0 Å². The first-order chi connectivity index (χ1) is 18.3. The Morgan fingerprint density at radius 2 is 1.72 bits per heavy atom. The van der Waals surface area contributed by atoms with E-state index in [1.807, 2.05) is 0 Å². The van der Waals surface area contributed by atoms with Gasteiger partial charge in [-0.1, -0.05) is 26.8 Å². The van der Waals surface area contributed by atoms with E-state index >= 15 is 4.39 Å². The normalized spacial score (nSPS) is 11.8. The molecule has 1 aromatic heterocycles. The highest BCUT2D eigenvalue weighted by molar-refractivity contribution is 7.92. The number of hydrogen-bond donors (Lipinski definition) is 2. The number of carbonyl (C=O) groups excluding carboxylic acids is 1. The van der Waals surface area contributed by atoms with Crippen molar-refractivity contribution in [2.24, 2.45) is 5.41 Å². The van der Waals surface area contributed by atoms with Gasteiger partial charge in [0, 0.05) is 23.1 Å². The molecule has 0 unspecified atom stereocenters. The fraction of sp³-hybridized carbons (Fsp3) is 0.222. The van der Waals surface area contributed by atoms with Crippen molar-refractivity contribution >= 4 is 38.5 Å². The molecule has 4 rings (SSSR count). The van der Waals surface area contributed by atoms with E-state index in [1.165, 1.54) is 56.8 Å². The number of aromatic nitrogens is 2. The third-order valence-electron chi connectivity index (χ3n) is 5.77. The second kappa shape index (κ2) is 10.4. The maximum Gasteiger partial charge on any atom is 0.265 e. The van der Waals surface area contributed by atoms with E-state index in [0.717, 1.165) is 12.1 Å². The highest BCUT2D eigenvalue weighted by atomic mass is 32.2. The van der Waals surface area contributed by atoms with Crippen molar-refractivity contribution in [3.8, 4) is 22.6 Å². The van der Waals surface area contributed by atoms with E-state index in [1.54, 1.807) is 20.8 Å². The number of benzene rings is 3. The third-order valence-corrected chi connectivity index (χ3v) is 7.16. The van der Waals surface area contributed by atoms with Crippen LogP contribution in [0.25, 0.3) is 22.0 Å². The van der Waals surface area contributed by atoms with Gasteiger partial charge in [0.1, 0.15) is 22.2 Å². The van der Waals surface area contributed by atoms with Crippen LogP contribution in [0.4, 0.5) is 20.4 Å². The van der Waals surface area contributed by atoms with Crippen molar-refractivity contribution in [3.63, 3.8) is 0 Å². The summed E-state index contributed by atoms with van der Waals surface area (Å²) in [5.74, 6) is -1.93. The summed E-state index contributed by atoms with van der Waals surface area (Å²) in [6, 6.07) is 10.5. The van der Waals surface area contributed by atoms with E-state index in [2.05, 4.69) is 20.0 Å². The first-order valence-corrected chi connectivity index (χ1v) is 13.1. The Balaban J connectivity index is 1.70. The number of methoxy groups -OCH3 is 2. The molecule has 0 radical (unpaired) electrons. The van der Waals surface area contributed by atoms with Gasteiger partial charge in [0.05, 0.1) is 31.0 Å². The molecular formula is C27H26F2N4O5S. The lowest BCUT2D eigenvalue weighted by Gasteiger charge is -2.17. The van der Waals surface area contributed by atoms with Crippen LogP contribution >= 0.6 is 0 Å². The van der Waals surface area contributed by atoms with Gasteiger partial charge in [0.15, 0.2) is 5.82 Å². The second-order valence-corrected chi connectivity index (χ2v) is 11.2. The Morgan fingerprint density at radius 1 is 0.974 bits per heavy atom. The minimum atomic E-state index is -4.35. The molecule has 4 aromatic rings. The van der Waals surface area contributed by atoms with E-state index in [9.17, 15) is 17.6 Å². The number of carbonyl (C=O) groups is 1. The van der Waals surface area contributed by atoms with E-state index in [4.69, 9.17) is 9.47 Å². The Labute approximate surface area is 224 Å². The topological polar surface area (TPSA) is 120 Å². The van der Waals surface area contributed by atoms with Gasteiger partial charge in [-0.15, -0.1) is 0 Å². The molecular weight excluding hydrogens is 530 g/mol. The first kappa shape index (κ1) is 27.7. The predicted octanol–water partition coefficient (Wildman–Crippen LogP) is 5.38. The number of nitrogens with one attached hydrogen (secondary N) is 2. The average molecular weight is 557 g/mol. The molecule has 39 heavy (non-hydrogen) atoms. The summed E-state index contributed by atoms with van der Waals surface area (Å²) in [5, 5.41) is 3.08. The van der Waals surface area contributed by atoms with Gasteiger partial charge in [-0.2, -0.15) is 0 Å². The Morgan fingerprint density at radius 3 is 2.38 bits per heavy atom. The molecule has 0 atom stereocenters. The maximum absolute atomic E-state index is 15.6. The van der Waals surface area contributed by atoms with Gasteiger partial charge in [-0.3, -0.25) is 14.8 Å². The van der Waals surface area contributed by atoms with Crippen LogP contribution in [0.5, 0.6) is 11.5 Å². The number of fused-ring (bicyclic) bond motifs is 1. The molecule has 0 fully saturated rings. The van der Waals surface area contributed by atoms with E-state index in [-0.39, 0.29) is 33.8 Å². The Hall–Kier alpha value is -4.32. The predicted molar refractivity (Wildman–Crippen MR) is 143 cm³/mol. The average Bonchev–Trinajstić information content (AvgIpc) is 2.89. The van der Waals surface area contributed by atoms with E-state index < -0.39 is 38.3 Å². The van der Waals surface area contributed by atoms with Crippen LogP contribution in [0.1, 0.15) is 20.8 Å². The van der Waals surface area contributed by atoms with Crippen LogP contribution in [0.2, 0.25) is 0 Å². The summed E-state index contributed by atoms with van der Waals surface area (Å²) in [5.41, 5.74) is -0.998. The molecule has 0 aliphatic rings. The zero-order chi connectivity index (χ0) is 28.5. The van der Waals surface area contributed by atoms with Crippen molar-refractivity contribution < 1.29 is 31.5 Å². The van der Waals surface area contributed by atoms with Crippen molar-refractivity contribution in [1.29, 1.82) is 0 Å². The van der Waals surface area contributed by atoms with Crippen molar-refractivity contribution in [2.45, 2.75) is 25.7 Å². The van der Waals surface area contributed by atoms with Gasteiger partial charge >= 0.3 is 0 Å². The molecule has 204 valence electrons. The molecule has 3 aromatic carbocycles. The highest BCUT2D eigenvalue weighted by Gasteiger charge is 2.25. The number of nitrogens with zero attached hydrogens (tertiary/aromatic N) is 2. The SMILES string of the molecule is COc1ccc(OC)c(S(=O)(=O)Nc2ccc(F)c(-c3ccc4nc(NC(=O)C(C)(C)C)ncc4c3)c2F)c1. The lowest BCUT2D eigenvalue weighted by atomic mass is 9.96. The molecule has 1 amide bonds. The fourth-order valence-corrected chi connectivity index (χ4v) is 4.87. The van der Waals surface area contributed by atoms with Crippen LogP contribution in [0.15, 0.2) is 59.6 Å². The smallest absolute Gasteiger partial charge is 0.265 e. The molecule has 9 nitrogen and oxygen atoms in total. The molecule has 0 aliphatic carbocycles. The summed E-state index contributed by atoms with van der Waals surface area (Å²) in [7, 11) is -1.69. The van der Waals surface area contributed by atoms with Crippen molar-refractivity contribution in [3.05, 3.63) is 66.4 Å². The minimum Gasteiger partial charge on any atom is -0.497 e. The Kier molecular flexibility index (Phi) is 7.42. The van der Waals surface area contributed by atoms with Gasteiger partial charge in [-0.25, -0.2) is 27.2 Å².